The van der Waals surface area contributed by atoms with Crippen molar-refractivity contribution in [3.8, 4) is 0 Å². The fraction of sp³-hybridized carbons (Fsp3) is 0.875. The van der Waals surface area contributed by atoms with Gasteiger partial charge in [-0.25, -0.2) is 0 Å². The molecule has 0 aliphatic rings. The van der Waals surface area contributed by atoms with E-state index in [2.05, 4.69) is 20.8 Å². The average Bonchev–Trinajstić information content (AvgIpc) is 1.81. The van der Waals surface area contributed by atoms with Gasteiger partial charge in [0.1, 0.15) is 0 Å². The molecule has 0 fully saturated rings. The Hall–Kier alpha value is -0.370. The van der Waals surface area contributed by atoms with Crippen molar-refractivity contribution in [2.45, 2.75) is 33.6 Å². The van der Waals surface area contributed by atoms with E-state index in [1.807, 2.05) is 0 Å². The van der Waals surface area contributed by atoms with Crippen molar-refractivity contribution in [1.29, 1.82) is 5.41 Å². The van der Waals surface area contributed by atoms with Crippen molar-refractivity contribution in [2.75, 3.05) is 6.54 Å². The summed E-state index contributed by atoms with van der Waals surface area (Å²) in [6.07, 6.45) is 1.91. The summed E-state index contributed by atoms with van der Waals surface area (Å²) in [6.45, 7) is 6.94. The number of hydrogen-bond acceptors (Lipinski definition) is 2. The van der Waals surface area contributed by atoms with E-state index in [4.69, 9.17) is 11.1 Å². The van der Waals surface area contributed by atoms with Crippen LogP contribution in [0.5, 0.6) is 0 Å². The molecule has 0 aromatic carbocycles. The van der Waals surface area contributed by atoms with Gasteiger partial charge in [0.2, 0.25) is 0 Å². The van der Waals surface area contributed by atoms with Gasteiger partial charge in [-0.05, 0) is 18.3 Å². The average molecular weight is 142 g/mol. The van der Waals surface area contributed by atoms with E-state index in [0.717, 1.165) is 12.8 Å². The summed E-state index contributed by atoms with van der Waals surface area (Å²) in [6, 6.07) is 0. The van der Waals surface area contributed by atoms with Crippen LogP contribution in [0.3, 0.4) is 0 Å². The second-order valence-electron chi connectivity index (χ2n) is 3.87. The van der Waals surface area contributed by atoms with E-state index in [9.17, 15) is 0 Å². The molecule has 0 heterocycles. The first kappa shape index (κ1) is 9.63. The van der Waals surface area contributed by atoms with Gasteiger partial charge in [0, 0.05) is 12.3 Å². The third kappa shape index (κ3) is 5.76. The lowest BCUT2D eigenvalue weighted by atomic mass is 9.89. The Balaban J connectivity index is 3.46. The molecule has 0 saturated carbocycles. The zero-order chi connectivity index (χ0) is 8.20. The van der Waals surface area contributed by atoms with Gasteiger partial charge in [-0.2, -0.15) is 0 Å². The SMILES string of the molecule is CC(C)(C)CCC(=N)CN. The largest absolute Gasteiger partial charge is 0.326 e. The Morgan fingerprint density at radius 3 is 2.20 bits per heavy atom. The summed E-state index contributed by atoms with van der Waals surface area (Å²) >= 11 is 0. The van der Waals surface area contributed by atoms with Crippen molar-refractivity contribution in [3.63, 3.8) is 0 Å². The maximum absolute atomic E-state index is 7.29. The third-order valence-electron chi connectivity index (χ3n) is 1.42. The highest BCUT2D eigenvalue weighted by molar-refractivity contribution is 5.83. The minimum atomic E-state index is 0.335. The molecule has 0 rings (SSSR count). The molecular formula is C8H18N2. The van der Waals surface area contributed by atoms with Crippen molar-refractivity contribution in [3.05, 3.63) is 0 Å². The van der Waals surface area contributed by atoms with E-state index in [-0.39, 0.29) is 0 Å². The Labute approximate surface area is 63.3 Å². The Kier molecular flexibility index (Phi) is 3.58. The van der Waals surface area contributed by atoms with Gasteiger partial charge in [0.05, 0.1) is 0 Å². The first-order valence-electron chi connectivity index (χ1n) is 3.72. The second kappa shape index (κ2) is 3.71. The quantitative estimate of drug-likeness (QED) is 0.580. The van der Waals surface area contributed by atoms with Gasteiger partial charge in [-0.1, -0.05) is 20.8 Å². The molecular weight excluding hydrogens is 124 g/mol. The predicted molar refractivity (Wildman–Crippen MR) is 45.5 cm³/mol. The number of nitrogens with two attached hydrogens (primary N) is 1. The molecule has 0 atom stereocenters. The summed E-state index contributed by atoms with van der Waals surface area (Å²) in [4.78, 5) is 0. The van der Waals surface area contributed by atoms with Gasteiger partial charge < -0.3 is 11.1 Å². The number of rotatable bonds is 3. The fourth-order valence-corrected chi connectivity index (χ4v) is 0.628. The van der Waals surface area contributed by atoms with Crippen LogP contribution in [0.15, 0.2) is 0 Å². The molecule has 0 radical (unpaired) electrons. The zero-order valence-electron chi connectivity index (χ0n) is 7.20. The lowest BCUT2D eigenvalue weighted by molar-refractivity contribution is 0.385. The molecule has 60 valence electrons. The smallest absolute Gasteiger partial charge is 0.0307 e. The van der Waals surface area contributed by atoms with Crippen LogP contribution < -0.4 is 5.73 Å². The van der Waals surface area contributed by atoms with Crippen molar-refractivity contribution in [1.82, 2.24) is 0 Å². The van der Waals surface area contributed by atoms with E-state index in [1.165, 1.54) is 0 Å². The van der Waals surface area contributed by atoms with Gasteiger partial charge in [-0.15, -0.1) is 0 Å². The molecule has 0 amide bonds. The van der Waals surface area contributed by atoms with Gasteiger partial charge in [-0.3, -0.25) is 0 Å². The fourth-order valence-electron chi connectivity index (χ4n) is 0.628. The van der Waals surface area contributed by atoms with Crippen LogP contribution in [0, 0.1) is 10.8 Å². The molecule has 0 aromatic rings. The summed E-state index contributed by atoms with van der Waals surface area (Å²) in [5, 5.41) is 7.29. The second-order valence-corrected chi connectivity index (χ2v) is 3.87. The first-order chi connectivity index (χ1) is 4.45. The molecule has 0 aliphatic carbocycles. The standard InChI is InChI=1S/C8H18N2/c1-8(2,3)5-4-7(10)6-9/h10H,4-6,9H2,1-3H3. The van der Waals surface area contributed by atoms with E-state index in [1.54, 1.807) is 0 Å². The van der Waals surface area contributed by atoms with Crippen LogP contribution in [0.25, 0.3) is 0 Å². The monoisotopic (exact) mass is 142 g/mol. The minimum absolute atomic E-state index is 0.335. The Morgan fingerprint density at radius 1 is 1.40 bits per heavy atom. The van der Waals surface area contributed by atoms with Gasteiger partial charge in [0.25, 0.3) is 0 Å². The highest BCUT2D eigenvalue weighted by atomic mass is 14.6. The lowest BCUT2D eigenvalue weighted by Crippen LogP contribution is -2.15. The molecule has 10 heavy (non-hydrogen) atoms. The van der Waals surface area contributed by atoms with Crippen LogP contribution in [0.4, 0.5) is 0 Å². The number of hydrogen-bond donors (Lipinski definition) is 2. The van der Waals surface area contributed by atoms with Crippen LogP contribution in [0.2, 0.25) is 0 Å². The van der Waals surface area contributed by atoms with Crippen LogP contribution in [-0.2, 0) is 0 Å². The topological polar surface area (TPSA) is 49.9 Å². The molecule has 2 heteroatoms. The van der Waals surface area contributed by atoms with Gasteiger partial charge in [0.15, 0.2) is 0 Å². The van der Waals surface area contributed by atoms with E-state index in [0.29, 0.717) is 17.7 Å². The summed E-state index contributed by atoms with van der Waals surface area (Å²) in [7, 11) is 0. The Bertz CT molecular complexity index is 111. The lowest BCUT2D eigenvalue weighted by Gasteiger charge is -2.17. The minimum Gasteiger partial charge on any atom is -0.326 e. The molecule has 0 spiro atoms. The maximum Gasteiger partial charge on any atom is 0.0307 e. The normalized spacial score (nSPS) is 11.6. The third-order valence-corrected chi connectivity index (χ3v) is 1.42. The highest BCUT2D eigenvalue weighted by Gasteiger charge is 2.09. The maximum atomic E-state index is 7.29. The van der Waals surface area contributed by atoms with Crippen LogP contribution >= 0.6 is 0 Å². The van der Waals surface area contributed by atoms with Crippen molar-refractivity contribution >= 4 is 5.71 Å². The molecule has 0 aliphatic heterocycles. The van der Waals surface area contributed by atoms with Crippen LogP contribution in [0.1, 0.15) is 33.6 Å². The molecule has 0 bridgehead atoms. The zero-order valence-corrected chi connectivity index (χ0v) is 7.20. The summed E-state index contributed by atoms with van der Waals surface area (Å²) in [5.74, 6) is 0. The molecule has 0 aromatic heterocycles. The van der Waals surface area contributed by atoms with Gasteiger partial charge >= 0.3 is 0 Å². The first-order valence-corrected chi connectivity index (χ1v) is 3.72. The van der Waals surface area contributed by atoms with E-state index < -0.39 is 0 Å². The molecule has 3 N–H and O–H groups in total. The molecule has 0 unspecified atom stereocenters. The molecule has 2 nitrogen and oxygen atoms in total. The van der Waals surface area contributed by atoms with Crippen molar-refractivity contribution in [2.24, 2.45) is 11.1 Å². The number of nitrogens with one attached hydrogen (secondary N) is 1. The predicted octanol–water partition coefficient (Wildman–Crippen LogP) is 1.79. The Morgan fingerprint density at radius 2 is 1.90 bits per heavy atom. The van der Waals surface area contributed by atoms with Crippen LogP contribution in [-0.4, -0.2) is 12.3 Å². The van der Waals surface area contributed by atoms with E-state index >= 15 is 0 Å². The summed E-state index contributed by atoms with van der Waals surface area (Å²) in [5.41, 5.74) is 6.27. The summed E-state index contributed by atoms with van der Waals surface area (Å²) < 4.78 is 0. The highest BCUT2D eigenvalue weighted by Crippen LogP contribution is 2.20. The molecule has 0 saturated heterocycles. The van der Waals surface area contributed by atoms with Crippen molar-refractivity contribution < 1.29 is 0 Å².